The molecule has 0 saturated heterocycles. The van der Waals surface area contributed by atoms with Crippen molar-refractivity contribution in [2.24, 2.45) is 0 Å². The number of carbonyl (C=O) groups excluding carboxylic acids is 1. The number of anilines is 1. The maximum absolute atomic E-state index is 13.1. The second-order valence-electron chi connectivity index (χ2n) is 5.51. The Bertz CT molecular complexity index is 961. The molecule has 0 aliphatic carbocycles. The van der Waals surface area contributed by atoms with Crippen LogP contribution in [0.3, 0.4) is 0 Å². The third-order valence-corrected chi connectivity index (χ3v) is 3.96. The molecular weight excluding hydrogens is 311 g/mol. The van der Waals surface area contributed by atoms with Gasteiger partial charge in [0.1, 0.15) is 5.82 Å². The van der Waals surface area contributed by atoms with Crippen LogP contribution in [0.15, 0.2) is 59.4 Å². The Labute approximate surface area is 136 Å². The van der Waals surface area contributed by atoms with Crippen molar-refractivity contribution in [1.29, 1.82) is 0 Å². The van der Waals surface area contributed by atoms with E-state index >= 15 is 0 Å². The average Bonchev–Trinajstić information content (AvgIpc) is 3.06. The molecule has 1 aliphatic rings. The molecular formula is C17H13FN4O2. The Kier molecular flexibility index (Phi) is 3.26. The van der Waals surface area contributed by atoms with Gasteiger partial charge in [-0.2, -0.15) is 9.67 Å². The summed E-state index contributed by atoms with van der Waals surface area (Å²) in [6.07, 6.45) is 0. The fourth-order valence-electron chi connectivity index (χ4n) is 2.80. The fraction of sp³-hybridized carbons (Fsp3) is 0.118. The lowest BCUT2D eigenvalue weighted by atomic mass is 10.2. The Hall–Kier alpha value is -3.22. The molecule has 24 heavy (non-hydrogen) atoms. The number of halogens is 1. The molecule has 1 amide bonds. The summed E-state index contributed by atoms with van der Waals surface area (Å²) in [7, 11) is 0. The minimum Gasteiger partial charge on any atom is -0.285 e. The van der Waals surface area contributed by atoms with Gasteiger partial charge in [-0.1, -0.05) is 30.3 Å². The van der Waals surface area contributed by atoms with Gasteiger partial charge in [0.25, 0.3) is 0 Å². The van der Waals surface area contributed by atoms with Gasteiger partial charge in [-0.05, 0) is 29.8 Å². The van der Waals surface area contributed by atoms with Crippen molar-refractivity contribution in [2.45, 2.75) is 13.1 Å². The summed E-state index contributed by atoms with van der Waals surface area (Å²) in [5.74, 6) is 0.00868. The molecule has 0 atom stereocenters. The number of hydrogen-bond donors (Lipinski definition) is 0. The first-order valence-corrected chi connectivity index (χ1v) is 7.43. The van der Waals surface area contributed by atoms with Gasteiger partial charge in [-0.25, -0.2) is 18.7 Å². The number of fused-ring (bicyclic) bond motifs is 1. The normalized spacial score (nSPS) is 13.4. The SMILES string of the molecule is O=C1N(c2ccc(F)cc2)Cc2nc(=O)n(Cc3ccccc3)n21. The lowest BCUT2D eigenvalue weighted by Crippen LogP contribution is -2.34. The van der Waals surface area contributed by atoms with E-state index in [4.69, 9.17) is 0 Å². The summed E-state index contributed by atoms with van der Waals surface area (Å²) in [6.45, 7) is 0.442. The van der Waals surface area contributed by atoms with Crippen LogP contribution >= 0.6 is 0 Å². The molecule has 0 saturated carbocycles. The third kappa shape index (κ3) is 2.30. The van der Waals surface area contributed by atoms with Gasteiger partial charge in [-0.3, -0.25) is 4.90 Å². The van der Waals surface area contributed by atoms with E-state index in [0.29, 0.717) is 11.5 Å². The quantitative estimate of drug-likeness (QED) is 0.742. The van der Waals surface area contributed by atoms with Gasteiger partial charge in [-0.15, -0.1) is 0 Å². The van der Waals surface area contributed by atoms with Crippen LogP contribution in [0.25, 0.3) is 0 Å². The van der Waals surface area contributed by atoms with Gasteiger partial charge in [0, 0.05) is 5.69 Å². The third-order valence-electron chi connectivity index (χ3n) is 3.96. The molecule has 0 N–H and O–H groups in total. The van der Waals surface area contributed by atoms with Crippen molar-refractivity contribution in [1.82, 2.24) is 14.3 Å². The minimum absolute atomic E-state index is 0.182. The highest BCUT2D eigenvalue weighted by Gasteiger charge is 2.33. The smallest absolute Gasteiger partial charge is 0.285 e. The molecule has 0 fully saturated rings. The molecule has 1 aliphatic heterocycles. The van der Waals surface area contributed by atoms with E-state index in [1.807, 2.05) is 30.3 Å². The van der Waals surface area contributed by atoms with E-state index in [0.717, 1.165) is 5.56 Å². The van der Waals surface area contributed by atoms with Crippen LogP contribution in [0.1, 0.15) is 11.4 Å². The predicted octanol–water partition coefficient (Wildman–Crippen LogP) is 2.22. The molecule has 2 heterocycles. The predicted molar refractivity (Wildman–Crippen MR) is 85.4 cm³/mol. The molecule has 6 nitrogen and oxygen atoms in total. The van der Waals surface area contributed by atoms with Crippen molar-refractivity contribution in [3.05, 3.63) is 82.3 Å². The Morgan fingerprint density at radius 1 is 1.00 bits per heavy atom. The number of benzene rings is 2. The van der Waals surface area contributed by atoms with Crippen LogP contribution in [0, 0.1) is 5.82 Å². The summed E-state index contributed by atoms with van der Waals surface area (Å²) in [6, 6.07) is 14.6. The molecule has 2 aromatic carbocycles. The van der Waals surface area contributed by atoms with Crippen molar-refractivity contribution in [2.75, 3.05) is 4.90 Å². The highest BCUT2D eigenvalue weighted by atomic mass is 19.1. The number of aromatic nitrogens is 3. The van der Waals surface area contributed by atoms with Gasteiger partial charge in [0.15, 0.2) is 5.82 Å². The van der Waals surface area contributed by atoms with Crippen LogP contribution in [0.2, 0.25) is 0 Å². The van der Waals surface area contributed by atoms with Crippen LogP contribution in [0.4, 0.5) is 14.9 Å². The summed E-state index contributed by atoms with van der Waals surface area (Å²) >= 11 is 0. The number of amides is 1. The molecule has 0 spiro atoms. The average molecular weight is 324 g/mol. The van der Waals surface area contributed by atoms with E-state index in [1.54, 1.807) is 0 Å². The topological polar surface area (TPSA) is 60.1 Å². The monoisotopic (exact) mass is 324 g/mol. The van der Waals surface area contributed by atoms with Crippen molar-refractivity contribution in [3.63, 3.8) is 0 Å². The molecule has 0 bridgehead atoms. The molecule has 1 aromatic heterocycles. The molecule has 3 aromatic rings. The summed E-state index contributed by atoms with van der Waals surface area (Å²) in [5, 5.41) is 0. The Morgan fingerprint density at radius 2 is 1.71 bits per heavy atom. The molecule has 0 radical (unpaired) electrons. The zero-order valence-electron chi connectivity index (χ0n) is 12.6. The first-order valence-electron chi connectivity index (χ1n) is 7.43. The first kappa shape index (κ1) is 14.4. The molecule has 120 valence electrons. The first-order chi connectivity index (χ1) is 11.6. The number of carbonyl (C=O) groups is 1. The number of hydrogen-bond acceptors (Lipinski definition) is 3. The van der Waals surface area contributed by atoms with E-state index < -0.39 is 5.69 Å². The second kappa shape index (κ2) is 5.45. The van der Waals surface area contributed by atoms with Crippen molar-refractivity contribution >= 4 is 11.7 Å². The van der Waals surface area contributed by atoms with E-state index in [-0.39, 0.29) is 24.9 Å². The second-order valence-corrected chi connectivity index (χ2v) is 5.51. The largest absolute Gasteiger partial charge is 0.364 e. The van der Waals surface area contributed by atoms with Crippen LogP contribution in [-0.2, 0) is 13.1 Å². The zero-order chi connectivity index (χ0) is 16.7. The lowest BCUT2D eigenvalue weighted by molar-refractivity contribution is 0.244. The van der Waals surface area contributed by atoms with Gasteiger partial charge < -0.3 is 0 Å². The van der Waals surface area contributed by atoms with E-state index in [1.165, 1.54) is 38.5 Å². The molecule has 4 rings (SSSR count). The zero-order valence-corrected chi connectivity index (χ0v) is 12.6. The van der Waals surface area contributed by atoms with Crippen molar-refractivity contribution < 1.29 is 9.18 Å². The minimum atomic E-state index is -0.457. The van der Waals surface area contributed by atoms with E-state index in [2.05, 4.69) is 4.98 Å². The standard InChI is InChI=1S/C17H13FN4O2/c18-13-6-8-14(9-7-13)20-11-15-19-16(23)21(22(15)17(20)24)10-12-4-2-1-3-5-12/h1-9H,10-11H2. The van der Waals surface area contributed by atoms with Crippen LogP contribution in [0.5, 0.6) is 0 Å². The highest BCUT2D eigenvalue weighted by molar-refractivity contribution is 5.95. The lowest BCUT2D eigenvalue weighted by Gasteiger charge is -2.15. The van der Waals surface area contributed by atoms with Crippen molar-refractivity contribution in [3.8, 4) is 0 Å². The number of nitrogens with zero attached hydrogens (tertiary/aromatic N) is 4. The summed E-state index contributed by atoms with van der Waals surface area (Å²) < 4.78 is 15.7. The number of rotatable bonds is 3. The highest BCUT2D eigenvalue weighted by Crippen LogP contribution is 2.23. The summed E-state index contributed by atoms with van der Waals surface area (Å²) in [4.78, 5) is 30.2. The molecule has 0 unspecified atom stereocenters. The van der Waals surface area contributed by atoms with Gasteiger partial charge in [0.05, 0.1) is 13.1 Å². The summed E-state index contributed by atoms with van der Waals surface area (Å²) in [5.41, 5.74) is 1.00. The Balaban J connectivity index is 1.70. The Morgan fingerprint density at radius 3 is 2.42 bits per heavy atom. The van der Waals surface area contributed by atoms with E-state index in [9.17, 15) is 14.0 Å². The fourth-order valence-corrected chi connectivity index (χ4v) is 2.80. The maximum Gasteiger partial charge on any atom is 0.364 e. The van der Waals surface area contributed by atoms with Gasteiger partial charge in [0.2, 0.25) is 0 Å². The van der Waals surface area contributed by atoms with Crippen LogP contribution < -0.4 is 10.6 Å². The van der Waals surface area contributed by atoms with Crippen LogP contribution in [-0.4, -0.2) is 20.4 Å². The molecule has 7 heteroatoms. The van der Waals surface area contributed by atoms with Gasteiger partial charge >= 0.3 is 11.7 Å². The maximum atomic E-state index is 13.1.